The van der Waals surface area contributed by atoms with E-state index in [2.05, 4.69) is 20.8 Å². The third-order valence-corrected chi connectivity index (χ3v) is 3.42. The van der Waals surface area contributed by atoms with Crippen molar-refractivity contribution in [1.29, 1.82) is 0 Å². The van der Waals surface area contributed by atoms with Crippen molar-refractivity contribution in [3.05, 3.63) is 30.3 Å². The van der Waals surface area contributed by atoms with Gasteiger partial charge in [0.25, 0.3) is 0 Å². The first kappa shape index (κ1) is 11.2. The Bertz CT molecular complexity index is 516. The summed E-state index contributed by atoms with van der Waals surface area (Å²) >= 11 is 0. The van der Waals surface area contributed by atoms with Crippen molar-refractivity contribution in [3.8, 4) is 5.69 Å². The molecule has 1 aliphatic rings. The molecule has 0 unspecified atom stereocenters. The lowest BCUT2D eigenvalue weighted by Crippen LogP contribution is -2.52. The highest BCUT2D eigenvalue weighted by Gasteiger charge is 2.32. The Morgan fingerprint density at radius 3 is 2.72 bits per heavy atom. The highest BCUT2D eigenvalue weighted by atomic mass is 15.6. The van der Waals surface area contributed by atoms with Gasteiger partial charge in [0, 0.05) is 12.1 Å². The van der Waals surface area contributed by atoms with Crippen LogP contribution in [0, 0.1) is 0 Å². The fourth-order valence-electron chi connectivity index (χ4n) is 2.10. The first-order valence-corrected chi connectivity index (χ1v) is 6.13. The van der Waals surface area contributed by atoms with E-state index in [1.807, 2.05) is 30.3 Å². The van der Waals surface area contributed by atoms with Crippen molar-refractivity contribution in [2.24, 2.45) is 5.73 Å². The van der Waals surface area contributed by atoms with E-state index in [4.69, 9.17) is 5.73 Å². The van der Waals surface area contributed by atoms with Gasteiger partial charge >= 0.3 is 0 Å². The first-order valence-electron chi connectivity index (χ1n) is 6.13. The Morgan fingerprint density at radius 1 is 1.28 bits per heavy atom. The second-order valence-electron chi connectivity index (χ2n) is 4.82. The van der Waals surface area contributed by atoms with Crippen LogP contribution >= 0.6 is 0 Å². The molecule has 0 saturated heterocycles. The van der Waals surface area contributed by atoms with E-state index < -0.39 is 0 Å². The van der Waals surface area contributed by atoms with E-state index in [9.17, 15) is 0 Å². The molecule has 1 fully saturated rings. The molecule has 1 aromatic carbocycles. The summed E-state index contributed by atoms with van der Waals surface area (Å²) in [5.41, 5.74) is 7.01. The van der Waals surface area contributed by atoms with Gasteiger partial charge in [-0.15, -0.1) is 0 Å². The summed E-state index contributed by atoms with van der Waals surface area (Å²) < 4.78 is 1.68. The molecule has 6 heteroatoms. The van der Waals surface area contributed by atoms with Gasteiger partial charge in [-0.05, 0) is 41.8 Å². The Hall–Kier alpha value is -1.95. The number of anilines is 1. The van der Waals surface area contributed by atoms with Gasteiger partial charge in [0.05, 0.1) is 5.69 Å². The van der Waals surface area contributed by atoms with Crippen LogP contribution in [0.2, 0.25) is 0 Å². The SMILES string of the molecule is NC1(CNc2nnnn2-c2ccccc2)CCC1. The lowest BCUT2D eigenvalue weighted by Gasteiger charge is -2.38. The van der Waals surface area contributed by atoms with Crippen LogP contribution in [0.15, 0.2) is 30.3 Å². The summed E-state index contributed by atoms with van der Waals surface area (Å²) in [4.78, 5) is 0. The van der Waals surface area contributed by atoms with Gasteiger partial charge in [-0.1, -0.05) is 23.3 Å². The van der Waals surface area contributed by atoms with Gasteiger partial charge in [0.15, 0.2) is 0 Å². The maximum Gasteiger partial charge on any atom is 0.247 e. The van der Waals surface area contributed by atoms with E-state index in [0.717, 1.165) is 18.5 Å². The summed E-state index contributed by atoms with van der Waals surface area (Å²) in [6.45, 7) is 0.709. The monoisotopic (exact) mass is 244 g/mol. The van der Waals surface area contributed by atoms with Crippen LogP contribution in [-0.2, 0) is 0 Å². The molecule has 18 heavy (non-hydrogen) atoms. The standard InChI is InChI=1S/C12H16N6/c13-12(7-4-8-12)9-14-11-15-16-17-18(11)10-5-2-1-3-6-10/h1-3,5-6H,4,7-9,13H2,(H,14,15,17). The van der Waals surface area contributed by atoms with Gasteiger partial charge in [0.1, 0.15) is 0 Å². The minimum absolute atomic E-state index is 0.0898. The van der Waals surface area contributed by atoms with Gasteiger partial charge in [-0.3, -0.25) is 0 Å². The third kappa shape index (κ3) is 2.06. The van der Waals surface area contributed by atoms with Gasteiger partial charge < -0.3 is 11.1 Å². The molecule has 1 saturated carbocycles. The predicted octanol–water partition coefficient (Wildman–Crippen LogP) is 0.956. The molecule has 0 spiro atoms. The maximum atomic E-state index is 6.17. The van der Waals surface area contributed by atoms with E-state index >= 15 is 0 Å². The predicted molar refractivity (Wildman–Crippen MR) is 68.4 cm³/mol. The van der Waals surface area contributed by atoms with E-state index in [-0.39, 0.29) is 5.54 Å². The molecule has 1 aliphatic carbocycles. The van der Waals surface area contributed by atoms with E-state index in [1.54, 1.807) is 4.68 Å². The zero-order chi connectivity index (χ0) is 12.4. The van der Waals surface area contributed by atoms with Crippen LogP contribution in [0.3, 0.4) is 0 Å². The molecule has 2 aromatic rings. The Labute approximate surface area is 105 Å². The molecule has 0 radical (unpaired) electrons. The second-order valence-corrected chi connectivity index (χ2v) is 4.82. The number of nitrogens with zero attached hydrogens (tertiary/aromatic N) is 4. The summed E-state index contributed by atoms with van der Waals surface area (Å²) in [5, 5.41) is 14.9. The van der Waals surface area contributed by atoms with Crippen molar-refractivity contribution < 1.29 is 0 Å². The molecule has 1 aromatic heterocycles. The van der Waals surface area contributed by atoms with E-state index in [1.165, 1.54) is 6.42 Å². The van der Waals surface area contributed by atoms with Crippen LogP contribution in [0.4, 0.5) is 5.95 Å². The van der Waals surface area contributed by atoms with Crippen molar-refractivity contribution in [2.45, 2.75) is 24.8 Å². The van der Waals surface area contributed by atoms with Crippen molar-refractivity contribution in [2.75, 3.05) is 11.9 Å². The summed E-state index contributed by atoms with van der Waals surface area (Å²) in [5.74, 6) is 0.637. The van der Waals surface area contributed by atoms with Crippen molar-refractivity contribution in [3.63, 3.8) is 0 Å². The highest BCUT2D eigenvalue weighted by molar-refractivity contribution is 5.38. The fourth-order valence-corrected chi connectivity index (χ4v) is 2.10. The Kier molecular flexibility index (Phi) is 2.71. The lowest BCUT2D eigenvalue weighted by molar-refractivity contribution is 0.265. The number of benzene rings is 1. The number of tetrazole rings is 1. The molecule has 94 valence electrons. The number of aromatic nitrogens is 4. The fraction of sp³-hybridized carbons (Fsp3) is 0.417. The molecule has 0 aliphatic heterocycles. The zero-order valence-corrected chi connectivity index (χ0v) is 10.1. The number of rotatable bonds is 4. The Morgan fingerprint density at radius 2 is 2.06 bits per heavy atom. The van der Waals surface area contributed by atoms with Crippen LogP contribution < -0.4 is 11.1 Å². The van der Waals surface area contributed by atoms with Gasteiger partial charge in [0.2, 0.25) is 5.95 Å². The minimum Gasteiger partial charge on any atom is -0.351 e. The van der Waals surface area contributed by atoms with Crippen molar-refractivity contribution >= 4 is 5.95 Å². The normalized spacial score (nSPS) is 17.2. The average molecular weight is 244 g/mol. The second kappa shape index (κ2) is 4.38. The molecular formula is C12H16N6. The topological polar surface area (TPSA) is 81.7 Å². The molecule has 6 nitrogen and oxygen atoms in total. The molecule has 0 atom stereocenters. The van der Waals surface area contributed by atoms with Crippen LogP contribution in [0.5, 0.6) is 0 Å². The molecule has 1 heterocycles. The van der Waals surface area contributed by atoms with Gasteiger partial charge in [-0.2, -0.15) is 4.68 Å². The molecular weight excluding hydrogens is 228 g/mol. The summed E-state index contributed by atoms with van der Waals surface area (Å²) in [6, 6.07) is 9.80. The molecule has 3 rings (SSSR count). The van der Waals surface area contributed by atoms with Crippen LogP contribution in [0.1, 0.15) is 19.3 Å². The van der Waals surface area contributed by atoms with Crippen molar-refractivity contribution in [1.82, 2.24) is 20.2 Å². The highest BCUT2D eigenvalue weighted by Crippen LogP contribution is 2.29. The summed E-state index contributed by atoms with van der Waals surface area (Å²) in [6.07, 6.45) is 3.33. The minimum atomic E-state index is -0.0898. The van der Waals surface area contributed by atoms with E-state index in [0.29, 0.717) is 12.5 Å². The van der Waals surface area contributed by atoms with Gasteiger partial charge in [-0.25, -0.2) is 0 Å². The number of hydrogen-bond acceptors (Lipinski definition) is 5. The Balaban J connectivity index is 1.75. The number of para-hydroxylation sites is 1. The summed E-state index contributed by atoms with van der Waals surface area (Å²) in [7, 11) is 0. The molecule has 3 N–H and O–H groups in total. The van der Waals surface area contributed by atoms with Crippen LogP contribution in [-0.4, -0.2) is 32.3 Å². The number of hydrogen-bond donors (Lipinski definition) is 2. The largest absolute Gasteiger partial charge is 0.351 e. The smallest absolute Gasteiger partial charge is 0.247 e. The lowest BCUT2D eigenvalue weighted by atomic mass is 9.78. The first-order chi connectivity index (χ1) is 8.77. The molecule has 0 amide bonds. The van der Waals surface area contributed by atoms with Crippen LogP contribution in [0.25, 0.3) is 5.69 Å². The average Bonchev–Trinajstić information content (AvgIpc) is 2.83. The maximum absolute atomic E-state index is 6.17. The quantitative estimate of drug-likeness (QED) is 0.837. The number of nitrogens with two attached hydrogens (primary N) is 1. The third-order valence-electron chi connectivity index (χ3n) is 3.42. The molecule has 0 bridgehead atoms. The number of nitrogens with one attached hydrogen (secondary N) is 1. The zero-order valence-electron chi connectivity index (χ0n) is 10.1.